The lowest BCUT2D eigenvalue weighted by Crippen LogP contribution is -2.23. The maximum Gasteiger partial charge on any atom is 0.266 e. The molecule has 0 amide bonds. The molecular formula is C23H17ClN2O2S. The molecule has 0 unspecified atom stereocenters. The molecule has 4 aromatic rings. The second-order valence-electron chi connectivity index (χ2n) is 6.56. The molecule has 0 spiro atoms. The van der Waals surface area contributed by atoms with E-state index in [0.29, 0.717) is 26.6 Å². The minimum atomic E-state index is -0.147. The highest BCUT2D eigenvalue weighted by Crippen LogP contribution is 2.24. The van der Waals surface area contributed by atoms with Gasteiger partial charge in [0.25, 0.3) is 5.56 Å². The highest BCUT2D eigenvalue weighted by atomic mass is 35.5. The number of benzene rings is 3. The van der Waals surface area contributed by atoms with Crippen LogP contribution in [0.1, 0.15) is 15.9 Å². The van der Waals surface area contributed by atoms with Crippen LogP contribution in [-0.4, -0.2) is 21.1 Å². The molecule has 0 saturated carbocycles. The van der Waals surface area contributed by atoms with Gasteiger partial charge in [-0.2, -0.15) is 0 Å². The molecule has 0 atom stereocenters. The molecule has 1 aromatic heterocycles. The number of para-hydroxylation sites is 2. The number of fused-ring (bicyclic) bond motifs is 1. The van der Waals surface area contributed by atoms with Gasteiger partial charge in [0.05, 0.1) is 22.3 Å². The maximum atomic E-state index is 13.3. The lowest BCUT2D eigenvalue weighted by atomic mass is 10.1. The normalized spacial score (nSPS) is 11.0. The van der Waals surface area contributed by atoms with Crippen LogP contribution in [0.3, 0.4) is 0 Å². The number of carbonyl (C=O) groups excluding carboxylic acids is 1. The fourth-order valence-electron chi connectivity index (χ4n) is 3.09. The number of aromatic nitrogens is 2. The molecule has 3 aromatic carbocycles. The van der Waals surface area contributed by atoms with Crippen molar-refractivity contribution in [2.24, 2.45) is 0 Å². The second kappa shape index (κ2) is 8.23. The van der Waals surface area contributed by atoms with Crippen molar-refractivity contribution in [3.8, 4) is 5.69 Å². The minimum Gasteiger partial charge on any atom is -0.293 e. The van der Waals surface area contributed by atoms with Crippen LogP contribution >= 0.6 is 23.4 Å². The van der Waals surface area contributed by atoms with Crippen LogP contribution in [0.15, 0.2) is 82.7 Å². The first-order valence-electron chi connectivity index (χ1n) is 9.04. The molecule has 0 fully saturated rings. The van der Waals surface area contributed by atoms with E-state index in [-0.39, 0.29) is 17.1 Å². The van der Waals surface area contributed by atoms with Gasteiger partial charge in [0.2, 0.25) is 0 Å². The van der Waals surface area contributed by atoms with Crippen LogP contribution in [0.5, 0.6) is 0 Å². The average molecular weight is 421 g/mol. The van der Waals surface area contributed by atoms with Crippen molar-refractivity contribution in [2.75, 3.05) is 5.75 Å². The zero-order valence-electron chi connectivity index (χ0n) is 15.6. The van der Waals surface area contributed by atoms with Crippen LogP contribution in [-0.2, 0) is 0 Å². The van der Waals surface area contributed by atoms with E-state index in [1.807, 2.05) is 49.4 Å². The van der Waals surface area contributed by atoms with Gasteiger partial charge >= 0.3 is 0 Å². The number of ketones is 1. The van der Waals surface area contributed by atoms with E-state index >= 15 is 0 Å². The number of carbonyl (C=O) groups is 1. The lowest BCUT2D eigenvalue weighted by Gasteiger charge is -2.15. The number of halogens is 1. The predicted molar refractivity (Wildman–Crippen MR) is 119 cm³/mol. The smallest absolute Gasteiger partial charge is 0.266 e. The molecule has 144 valence electrons. The first-order chi connectivity index (χ1) is 14.0. The summed E-state index contributed by atoms with van der Waals surface area (Å²) < 4.78 is 1.59. The van der Waals surface area contributed by atoms with Crippen molar-refractivity contribution in [2.45, 2.75) is 12.1 Å². The Balaban J connectivity index is 1.77. The zero-order valence-corrected chi connectivity index (χ0v) is 17.2. The number of rotatable bonds is 5. The summed E-state index contributed by atoms with van der Waals surface area (Å²) in [6.45, 7) is 1.95. The van der Waals surface area contributed by atoms with Gasteiger partial charge in [0.1, 0.15) is 0 Å². The molecule has 0 bridgehead atoms. The molecule has 1 heterocycles. The van der Waals surface area contributed by atoms with Crippen molar-refractivity contribution in [3.63, 3.8) is 0 Å². The molecular weight excluding hydrogens is 404 g/mol. The number of aryl methyl sites for hydroxylation is 1. The minimum absolute atomic E-state index is 0.0505. The van der Waals surface area contributed by atoms with Crippen LogP contribution in [0.4, 0.5) is 0 Å². The molecule has 0 aliphatic rings. The van der Waals surface area contributed by atoms with Gasteiger partial charge in [0.15, 0.2) is 10.9 Å². The first kappa shape index (κ1) is 19.4. The van der Waals surface area contributed by atoms with Crippen molar-refractivity contribution < 1.29 is 4.79 Å². The fraction of sp³-hybridized carbons (Fsp3) is 0.0870. The predicted octanol–water partition coefficient (Wildman–Crippen LogP) is 5.32. The Morgan fingerprint density at radius 2 is 1.69 bits per heavy atom. The van der Waals surface area contributed by atoms with Crippen LogP contribution in [0.25, 0.3) is 16.6 Å². The molecule has 0 aliphatic carbocycles. The molecule has 0 aliphatic heterocycles. The lowest BCUT2D eigenvalue weighted by molar-refractivity contribution is 0.102. The van der Waals surface area contributed by atoms with Gasteiger partial charge in [-0.25, -0.2) is 4.98 Å². The maximum absolute atomic E-state index is 13.3. The quantitative estimate of drug-likeness (QED) is 0.249. The van der Waals surface area contributed by atoms with Crippen molar-refractivity contribution in [1.29, 1.82) is 0 Å². The van der Waals surface area contributed by atoms with Gasteiger partial charge in [0, 0.05) is 10.6 Å². The molecule has 0 saturated heterocycles. The van der Waals surface area contributed by atoms with Crippen molar-refractivity contribution >= 4 is 40.0 Å². The number of hydrogen-bond donors (Lipinski definition) is 0. The fourth-order valence-corrected chi connectivity index (χ4v) is 4.11. The molecule has 6 heteroatoms. The first-order valence-corrected chi connectivity index (χ1v) is 10.4. The van der Waals surface area contributed by atoms with E-state index in [1.165, 1.54) is 11.8 Å². The van der Waals surface area contributed by atoms with Gasteiger partial charge in [-0.15, -0.1) is 0 Å². The van der Waals surface area contributed by atoms with E-state index in [4.69, 9.17) is 11.6 Å². The van der Waals surface area contributed by atoms with Gasteiger partial charge in [-0.05, 0) is 55.0 Å². The van der Waals surface area contributed by atoms with Gasteiger partial charge in [-0.3, -0.25) is 14.2 Å². The van der Waals surface area contributed by atoms with Crippen LogP contribution in [0, 0.1) is 6.92 Å². The summed E-state index contributed by atoms with van der Waals surface area (Å²) in [5.74, 6) is 0.114. The number of thioether (sulfide) groups is 1. The van der Waals surface area contributed by atoms with Gasteiger partial charge < -0.3 is 0 Å². The Morgan fingerprint density at radius 3 is 2.45 bits per heavy atom. The Morgan fingerprint density at radius 1 is 1.00 bits per heavy atom. The summed E-state index contributed by atoms with van der Waals surface area (Å²) in [4.78, 5) is 30.6. The van der Waals surface area contributed by atoms with E-state index < -0.39 is 0 Å². The zero-order chi connectivity index (χ0) is 20.4. The SMILES string of the molecule is Cc1ccccc1-n1c(SCC(=O)c2ccc(Cl)cc2)nc2ccccc2c1=O. The Hall–Kier alpha value is -2.89. The van der Waals surface area contributed by atoms with E-state index in [9.17, 15) is 9.59 Å². The Bertz CT molecular complexity index is 1270. The molecule has 0 N–H and O–H groups in total. The standard InChI is InChI=1S/C23H17ClN2O2S/c1-15-6-2-5-9-20(15)26-22(28)18-7-3-4-8-19(18)25-23(26)29-14-21(27)16-10-12-17(24)13-11-16/h2-13H,14H2,1H3. The average Bonchev–Trinajstić information content (AvgIpc) is 2.73. The monoisotopic (exact) mass is 420 g/mol. The number of nitrogens with zero attached hydrogens (tertiary/aromatic N) is 2. The number of Topliss-reactive ketones (excluding diaryl/α,β-unsaturated/α-hetero) is 1. The second-order valence-corrected chi connectivity index (χ2v) is 7.94. The summed E-state index contributed by atoms with van der Waals surface area (Å²) in [6, 6.07) is 21.7. The largest absolute Gasteiger partial charge is 0.293 e. The topological polar surface area (TPSA) is 52.0 Å². The van der Waals surface area contributed by atoms with Crippen molar-refractivity contribution in [1.82, 2.24) is 9.55 Å². The van der Waals surface area contributed by atoms with E-state index in [2.05, 4.69) is 4.98 Å². The van der Waals surface area contributed by atoms with E-state index in [0.717, 1.165) is 11.3 Å². The molecule has 29 heavy (non-hydrogen) atoms. The molecule has 4 nitrogen and oxygen atoms in total. The summed E-state index contributed by atoms with van der Waals surface area (Å²) in [5.41, 5.74) is 2.76. The summed E-state index contributed by atoms with van der Waals surface area (Å²) in [7, 11) is 0. The molecule has 4 rings (SSSR count). The Kier molecular flexibility index (Phi) is 5.51. The third kappa shape index (κ3) is 3.97. The van der Waals surface area contributed by atoms with E-state index in [1.54, 1.807) is 34.9 Å². The summed E-state index contributed by atoms with van der Waals surface area (Å²) in [6.07, 6.45) is 0. The van der Waals surface area contributed by atoms with Crippen LogP contribution < -0.4 is 5.56 Å². The highest BCUT2D eigenvalue weighted by Gasteiger charge is 2.16. The van der Waals surface area contributed by atoms with Gasteiger partial charge in [-0.1, -0.05) is 53.7 Å². The molecule has 0 radical (unpaired) electrons. The summed E-state index contributed by atoms with van der Waals surface area (Å²) >= 11 is 7.16. The van der Waals surface area contributed by atoms with Crippen molar-refractivity contribution in [3.05, 3.63) is 99.3 Å². The number of hydrogen-bond acceptors (Lipinski definition) is 4. The summed E-state index contributed by atoms with van der Waals surface area (Å²) in [5, 5.41) is 1.62. The van der Waals surface area contributed by atoms with Crippen LogP contribution in [0.2, 0.25) is 5.02 Å². The highest BCUT2D eigenvalue weighted by molar-refractivity contribution is 7.99. The Labute approximate surface area is 177 Å². The third-order valence-corrected chi connectivity index (χ3v) is 5.79. The third-order valence-electron chi connectivity index (χ3n) is 4.60.